The van der Waals surface area contributed by atoms with Crippen molar-refractivity contribution in [3.63, 3.8) is 0 Å². The van der Waals surface area contributed by atoms with Gasteiger partial charge in [-0.25, -0.2) is 4.79 Å². The largest absolute Gasteiger partial charge is 0.496 e. The van der Waals surface area contributed by atoms with Crippen molar-refractivity contribution >= 4 is 6.03 Å². The Morgan fingerprint density at radius 3 is 2.76 bits per heavy atom. The van der Waals surface area contributed by atoms with Gasteiger partial charge < -0.3 is 20.1 Å². The summed E-state index contributed by atoms with van der Waals surface area (Å²) in [7, 11) is 1.67. The van der Waals surface area contributed by atoms with Gasteiger partial charge in [0, 0.05) is 13.1 Å². The van der Waals surface area contributed by atoms with Crippen LogP contribution in [0.5, 0.6) is 5.75 Å². The molecule has 2 N–H and O–H groups in total. The lowest BCUT2D eigenvalue weighted by atomic mass is 10.1. The number of rotatable bonds is 6. The second-order valence-electron chi connectivity index (χ2n) is 6.20. The third kappa shape index (κ3) is 3.94. The molecule has 0 unspecified atom stereocenters. The van der Waals surface area contributed by atoms with Gasteiger partial charge in [-0.05, 0) is 35.6 Å². The summed E-state index contributed by atoms with van der Waals surface area (Å²) >= 11 is 0. The Morgan fingerprint density at radius 1 is 1.24 bits per heavy atom. The zero-order valence-electron chi connectivity index (χ0n) is 14.4. The molecule has 0 radical (unpaired) electrons. The molecule has 5 nitrogen and oxygen atoms in total. The first-order chi connectivity index (χ1) is 12.2. The van der Waals surface area contributed by atoms with Gasteiger partial charge in [-0.3, -0.25) is 0 Å². The summed E-state index contributed by atoms with van der Waals surface area (Å²) < 4.78 is 5.42. The van der Waals surface area contributed by atoms with Gasteiger partial charge >= 0.3 is 6.03 Å². The van der Waals surface area contributed by atoms with Crippen molar-refractivity contribution in [2.24, 2.45) is 0 Å². The van der Waals surface area contributed by atoms with Crippen molar-refractivity contribution in [2.75, 3.05) is 20.3 Å². The molecule has 132 valence electrons. The Morgan fingerprint density at radius 2 is 2.04 bits per heavy atom. The number of methoxy groups -OCH3 is 1. The molecule has 2 amide bonds. The van der Waals surface area contributed by atoms with E-state index in [0.29, 0.717) is 13.1 Å². The topological polar surface area (TPSA) is 61.8 Å². The van der Waals surface area contributed by atoms with Crippen molar-refractivity contribution in [3.8, 4) is 5.75 Å². The summed E-state index contributed by atoms with van der Waals surface area (Å²) in [5.41, 5.74) is 3.34. The van der Waals surface area contributed by atoms with Crippen LogP contribution < -0.4 is 10.1 Å². The molecule has 0 saturated carbocycles. The Bertz CT molecular complexity index is 718. The van der Waals surface area contributed by atoms with E-state index in [2.05, 4.69) is 5.32 Å². The number of hydrogen-bond acceptors (Lipinski definition) is 3. The van der Waals surface area contributed by atoms with Crippen LogP contribution >= 0.6 is 0 Å². The third-order valence-electron chi connectivity index (χ3n) is 4.62. The van der Waals surface area contributed by atoms with E-state index >= 15 is 0 Å². The van der Waals surface area contributed by atoms with Crippen LogP contribution in [0, 0.1) is 0 Å². The standard InChI is InChI=1S/C20H24N2O3/c1-25-19-9-5-8-16-17(19)10-11-18(16)21-20(24)22(12-13-23)14-15-6-3-2-4-7-15/h2-9,18,23H,10-14H2,1H3,(H,21,24)/t18-/m0/s1. The lowest BCUT2D eigenvalue weighted by Gasteiger charge is -2.25. The van der Waals surface area contributed by atoms with E-state index < -0.39 is 0 Å². The quantitative estimate of drug-likeness (QED) is 0.850. The summed E-state index contributed by atoms with van der Waals surface area (Å²) in [5, 5.41) is 12.4. The van der Waals surface area contributed by atoms with Crippen molar-refractivity contribution in [3.05, 3.63) is 65.2 Å². The average Bonchev–Trinajstić information content (AvgIpc) is 3.05. The molecule has 2 aromatic rings. The molecule has 1 atom stereocenters. The molecule has 0 fully saturated rings. The highest BCUT2D eigenvalue weighted by Crippen LogP contribution is 2.36. The number of amides is 2. The van der Waals surface area contributed by atoms with Gasteiger partial charge in [-0.15, -0.1) is 0 Å². The summed E-state index contributed by atoms with van der Waals surface area (Å²) in [6, 6.07) is 15.6. The second kappa shape index (κ2) is 8.03. The van der Waals surface area contributed by atoms with Crippen molar-refractivity contribution in [1.82, 2.24) is 10.2 Å². The van der Waals surface area contributed by atoms with E-state index in [1.165, 1.54) is 5.56 Å². The van der Waals surface area contributed by atoms with Gasteiger partial charge in [0.1, 0.15) is 5.75 Å². The number of carbonyl (C=O) groups excluding carboxylic acids is 1. The van der Waals surface area contributed by atoms with Crippen molar-refractivity contribution < 1.29 is 14.6 Å². The first-order valence-electron chi connectivity index (χ1n) is 8.59. The highest BCUT2D eigenvalue weighted by Gasteiger charge is 2.27. The number of hydrogen-bond donors (Lipinski definition) is 2. The molecule has 0 bridgehead atoms. The van der Waals surface area contributed by atoms with Gasteiger partial charge in [0.25, 0.3) is 0 Å². The van der Waals surface area contributed by atoms with Crippen LogP contribution in [0.25, 0.3) is 0 Å². The highest BCUT2D eigenvalue weighted by molar-refractivity contribution is 5.75. The number of ether oxygens (including phenoxy) is 1. The number of benzene rings is 2. The fraction of sp³-hybridized carbons (Fsp3) is 0.350. The fourth-order valence-corrected chi connectivity index (χ4v) is 3.38. The minimum atomic E-state index is -0.154. The van der Waals surface area contributed by atoms with E-state index in [9.17, 15) is 9.90 Å². The predicted octanol–water partition coefficient (Wildman–Crippen LogP) is 2.89. The fourth-order valence-electron chi connectivity index (χ4n) is 3.38. The molecule has 0 aromatic heterocycles. The van der Waals surface area contributed by atoms with Crippen LogP contribution in [0.3, 0.4) is 0 Å². The van der Waals surface area contributed by atoms with Gasteiger partial charge in [-0.2, -0.15) is 0 Å². The maximum absolute atomic E-state index is 12.7. The van der Waals surface area contributed by atoms with E-state index in [4.69, 9.17) is 4.74 Å². The van der Waals surface area contributed by atoms with Gasteiger partial charge in [0.2, 0.25) is 0 Å². The molecule has 1 aliphatic rings. The summed E-state index contributed by atoms with van der Waals surface area (Å²) in [5.74, 6) is 0.880. The first-order valence-corrected chi connectivity index (χ1v) is 8.59. The predicted molar refractivity (Wildman–Crippen MR) is 96.5 cm³/mol. The molecule has 0 aliphatic heterocycles. The van der Waals surface area contributed by atoms with Crippen molar-refractivity contribution in [2.45, 2.75) is 25.4 Å². The molecule has 25 heavy (non-hydrogen) atoms. The van der Waals surface area contributed by atoms with Crippen molar-refractivity contribution in [1.29, 1.82) is 0 Å². The minimum absolute atomic E-state index is 0.0189. The number of nitrogens with one attached hydrogen (secondary N) is 1. The molecular formula is C20H24N2O3. The molecule has 1 aliphatic carbocycles. The van der Waals surface area contributed by atoms with Crippen LogP contribution in [-0.2, 0) is 13.0 Å². The van der Waals surface area contributed by atoms with E-state index in [1.54, 1.807) is 12.0 Å². The second-order valence-corrected chi connectivity index (χ2v) is 6.20. The Balaban J connectivity index is 1.71. The lowest BCUT2D eigenvalue weighted by molar-refractivity contribution is 0.171. The SMILES string of the molecule is COc1cccc2c1CC[C@@H]2NC(=O)N(CCO)Cc1ccccc1. The molecular weight excluding hydrogens is 316 g/mol. The number of carbonyl (C=O) groups is 1. The van der Waals surface area contributed by atoms with Crippen LogP contribution in [0.1, 0.15) is 29.2 Å². The van der Waals surface area contributed by atoms with Gasteiger partial charge in [0.15, 0.2) is 0 Å². The van der Waals surface area contributed by atoms with Gasteiger partial charge in [-0.1, -0.05) is 42.5 Å². The van der Waals surface area contributed by atoms with E-state index in [1.807, 2.05) is 48.5 Å². The number of fused-ring (bicyclic) bond motifs is 1. The Kier molecular flexibility index (Phi) is 5.56. The van der Waals surface area contributed by atoms with Crippen LogP contribution in [-0.4, -0.2) is 36.3 Å². The number of nitrogens with zero attached hydrogens (tertiary/aromatic N) is 1. The Labute approximate surface area is 148 Å². The lowest BCUT2D eigenvalue weighted by Crippen LogP contribution is -2.42. The maximum atomic E-state index is 12.7. The zero-order valence-corrected chi connectivity index (χ0v) is 14.4. The highest BCUT2D eigenvalue weighted by atomic mass is 16.5. The monoisotopic (exact) mass is 340 g/mol. The normalized spacial score (nSPS) is 15.5. The maximum Gasteiger partial charge on any atom is 0.318 e. The number of aliphatic hydroxyl groups excluding tert-OH is 1. The third-order valence-corrected chi connectivity index (χ3v) is 4.62. The Hall–Kier alpha value is -2.53. The van der Waals surface area contributed by atoms with Gasteiger partial charge in [0.05, 0.1) is 19.8 Å². The molecule has 0 saturated heterocycles. The zero-order chi connectivity index (χ0) is 17.6. The molecule has 3 rings (SSSR count). The minimum Gasteiger partial charge on any atom is -0.496 e. The van der Waals surface area contributed by atoms with Crippen LogP contribution in [0.2, 0.25) is 0 Å². The van der Waals surface area contributed by atoms with Crippen LogP contribution in [0.4, 0.5) is 4.79 Å². The molecule has 2 aromatic carbocycles. The van der Waals surface area contributed by atoms with E-state index in [-0.39, 0.29) is 18.7 Å². The average molecular weight is 340 g/mol. The number of aliphatic hydroxyl groups is 1. The first kappa shape index (κ1) is 17.3. The summed E-state index contributed by atoms with van der Waals surface area (Å²) in [6.45, 7) is 0.721. The summed E-state index contributed by atoms with van der Waals surface area (Å²) in [4.78, 5) is 14.4. The van der Waals surface area contributed by atoms with E-state index in [0.717, 1.165) is 29.7 Å². The van der Waals surface area contributed by atoms with Crippen LogP contribution in [0.15, 0.2) is 48.5 Å². The smallest absolute Gasteiger partial charge is 0.318 e. The summed E-state index contributed by atoms with van der Waals surface area (Å²) in [6.07, 6.45) is 1.75. The molecule has 0 heterocycles. The number of urea groups is 1. The molecule has 0 spiro atoms. The molecule has 5 heteroatoms.